The highest BCUT2D eigenvalue weighted by Gasteiger charge is 2.32. The molecule has 0 aliphatic heterocycles. The zero-order chi connectivity index (χ0) is 26.7. The van der Waals surface area contributed by atoms with Gasteiger partial charge in [-0.3, -0.25) is 4.79 Å². The molecule has 0 spiro atoms. The van der Waals surface area contributed by atoms with Gasteiger partial charge < -0.3 is 30.0 Å². The summed E-state index contributed by atoms with van der Waals surface area (Å²) in [4.78, 5) is 49.9. The van der Waals surface area contributed by atoms with Crippen molar-refractivity contribution in [3.63, 3.8) is 0 Å². The first-order valence-electron chi connectivity index (χ1n) is 11.7. The molecule has 1 unspecified atom stereocenters. The van der Waals surface area contributed by atoms with Gasteiger partial charge in [0.15, 0.2) is 0 Å². The molecule has 10 heteroatoms. The Kier molecular flexibility index (Phi) is 12.6. The molecular formula is C24H44N2O8. The highest BCUT2D eigenvalue weighted by atomic mass is 16.6. The Morgan fingerprint density at radius 2 is 1.24 bits per heavy atom. The predicted octanol–water partition coefficient (Wildman–Crippen LogP) is 3.38. The monoisotopic (exact) mass is 488 g/mol. The van der Waals surface area contributed by atoms with Crippen LogP contribution in [0.4, 0.5) is 4.79 Å². The lowest BCUT2D eigenvalue weighted by Gasteiger charge is -2.26. The third-order valence-corrected chi connectivity index (χ3v) is 3.88. The highest BCUT2D eigenvalue weighted by Crippen LogP contribution is 2.16. The molecule has 0 aromatic carbocycles. The van der Waals surface area contributed by atoms with Gasteiger partial charge >= 0.3 is 24.0 Å². The lowest BCUT2D eigenvalue weighted by atomic mass is 10.1. The standard InChI is InChI=1S/C24H44N2O8/c1-22(2,3)32-18(27)14-13-17(20(29)34-24(7,8)9)31-21(30)26-16(12-10-11-15-25)19(28)33-23(4,5)6/h16-17H,10-15,25H2,1-9H3,(H,26,30)/t16-,17?/m0/s1. The fraction of sp³-hybridized carbons (Fsp3) is 0.833. The third-order valence-electron chi connectivity index (χ3n) is 3.88. The van der Waals surface area contributed by atoms with Crippen molar-refractivity contribution in [2.45, 2.75) is 123 Å². The molecule has 0 radical (unpaired) electrons. The number of ether oxygens (including phenoxy) is 4. The molecule has 1 amide bonds. The van der Waals surface area contributed by atoms with Crippen LogP contribution in [-0.2, 0) is 33.3 Å². The average molecular weight is 489 g/mol. The number of nitrogens with one attached hydrogen (secondary N) is 1. The van der Waals surface area contributed by atoms with Gasteiger partial charge in [0.2, 0.25) is 6.10 Å². The molecule has 0 bridgehead atoms. The number of unbranched alkanes of at least 4 members (excludes halogenated alkanes) is 1. The molecule has 2 atom stereocenters. The van der Waals surface area contributed by atoms with Gasteiger partial charge in [0.05, 0.1) is 0 Å². The maximum Gasteiger partial charge on any atom is 0.408 e. The molecule has 0 aliphatic rings. The van der Waals surface area contributed by atoms with Crippen molar-refractivity contribution < 1.29 is 38.1 Å². The van der Waals surface area contributed by atoms with Crippen LogP contribution in [0.5, 0.6) is 0 Å². The van der Waals surface area contributed by atoms with Crippen LogP contribution in [0.25, 0.3) is 0 Å². The number of carbonyl (C=O) groups is 4. The van der Waals surface area contributed by atoms with E-state index in [0.717, 1.165) is 0 Å². The first-order chi connectivity index (χ1) is 15.3. The van der Waals surface area contributed by atoms with Gasteiger partial charge in [0.25, 0.3) is 0 Å². The summed E-state index contributed by atoms with van der Waals surface area (Å²) >= 11 is 0. The van der Waals surface area contributed by atoms with E-state index in [9.17, 15) is 19.2 Å². The van der Waals surface area contributed by atoms with Crippen molar-refractivity contribution in [1.29, 1.82) is 0 Å². The van der Waals surface area contributed by atoms with Crippen molar-refractivity contribution in [2.75, 3.05) is 6.54 Å². The van der Waals surface area contributed by atoms with Gasteiger partial charge in [-0.1, -0.05) is 0 Å². The topological polar surface area (TPSA) is 143 Å². The minimum absolute atomic E-state index is 0.137. The Morgan fingerprint density at radius 1 is 0.735 bits per heavy atom. The van der Waals surface area contributed by atoms with Gasteiger partial charge in [-0.25, -0.2) is 14.4 Å². The van der Waals surface area contributed by atoms with Crippen molar-refractivity contribution in [2.24, 2.45) is 5.73 Å². The van der Waals surface area contributed by atoms with Gasteiger partial charge in [-0.15, -0.1) is 0 Å². The van der Waals surface area contributed by atoms with Gasteiger partial charge in [-0.05, 0) is 88.1 Å². The normalized spacial score (nSPS) is 13.9. The van der Waals surface area contributed by atoms with E-state index in [4.69, 9.17) is 24.7 Å². The maximum atomic E-state index is 12.6. The quantitative estimate of drug-likeness (QED) is 0.254. The lowest BCUT2D eigenvalue weighted by Crippen LogP contribution is -2.46. The van der Waals surface area contributed by atoms with E-state index >= 15 is 0 Å². The molecule has 0 saturated heterocycles. The smallest absolute Gasteiger partial charge is 0.408 e. The second kappa shape index (κ2) is 13.5. The summed E-state index contributed by atoms with van der Waals surface area (Å²) in [6.07, 6.45) is -1.14. The van der Waals surface area contributed by atoms with Crippen molar-refractivity contribution in [1.82, 2.24) is 5.32 Å². The van der Waals surface area contributed by atoms with Crippen LogP contribution < -0.4 is 11.1 Å². The van der Waals surface area contributed by atoms with Crippen LogP contribution in [0.15, 0.2) is 0 Å². The molecule has 3 N–H and O–H groups in total. The summed E-state index contributed by atoms with van der Waals surface area (Å²) in [5, 5.41) is 2.47. The minimum atomic E-state index is -1.37. The zero-order valence-electron chi connectivity index (χ0n) is 22.2. The Morgan fingerprint density at radius 3 is 1.71 bits per heavy atom. The maximum absolute atomic E-state index is 12.6. The number of amides is 1. The van der Waals surface area contributed by atoms with Crippen LogP contribution >= 0.6 is 0 Å². The van der Waals surface area contributed by atoms with Crippen LogP contribution in [-0.4, -0.2) is 59.5 Å². The summed E-state index contributed by atoms with van der Waals surface area (Å²) in [7, 11) is 0. The fourth-order valence-corrected chi connectivity index (χ4v) is 2.65. The zero-order valence-corrected chi connectivity index (χ0v) is 22.2. The van der Waals surface area contributed by atoms with Crippen LogP contribution in [0.3, 0.4) is 0 Å². The fourth-order valence-electron chi connectivity index (χ4n) is 2.65. The van der Waals surface area contributed by atoms with E-state index in [2.05, 4.69) is 5.32 Å². The van der Waals surface area contributed by atoms with Crippen molar-refractivity contribution in [3.05, 3.63) is 0 Å². The molecule has 0 aromatic heterocycles. The SMILES string of the molecule is CC(C)(C)OC(=O)CCC(OC(=O)N[C@@H](CCCCN)C(=O)OC(C)(C)C)C(=O)OC(C)(C)C. The number of hydrogen-bond donors (Lipinski definition) is 2. The highest BCUT2D eigenvalue weighted by molar-refractivity contribution is 5.84. The molecule has 0 aliphatic carbocycles. The molecule has 0 aromatic rings. The van der Waals surface area contributed by atoms with Gasteiger partial charge in [0.1, 0.15) is 22.8 Å². The summed E-state index contributed by atoms with van der Waals surface area (Å²) in [5.74, 6) is -1.97. The minimum Gasteiger partial charge on any atom is -0.460 e. The number of rotatable bonds is 11. The third kappa shape index (κ3) is 16.3. The number of esters is 3. The Balaban J connectivity index is 5.37. The first-order valence-corrected chi connectivity index (χ1v) is 11.7. The molecular weight excluding hydrogens is 444 g/mol. The van der Waals surface area contributed by atoms with E-state index in [0.29, 0.717) is 19.4 Å². The second-order valence-electron chi connectivity index (χ2n) is 11.1. The van der Waals surface area contributed by atoms with Gasteiger partial charge in [-0.2, -0.15) is 0 Å². The lowest BCUT2D eigenvalue weighted by molar-refractivity contribution is -0.166. The van der Waals surface area contributed by atoms with E-state index < -0.39 is 53.0 Å². The summed E-state index contributed by atoms with van der Waals surface area (Å²) < 4.78 is 21.3. The molecule has 0 rings (SSSR count). The van der Waals surface area contributed by atoms with Crippen molar-refractivity contribution in [3.8, 4) is 0 Å². The number of alkyl carbamates (subject to hydrolysis) is 1. The first kappa shape index (κ1) is 31.6. The summed E-state index contributed by atoms with van der Waals surface area (Å²) in [5.41, 5.74) is 3.25. The largest absolute Gasteiger partial charge is 0.460 e. The summed E-state index contributed by atoms with van der Waals surface area (Å²) in [6, 6.07) is -0.983. The average Bonchev–Trinajstić information content (AvgIpc) is 2.60. The van der Waals surface area contributed by atoms with Crippen molar-refractivity contribution >= 4 is 24.0 Å². The number of carbonyl (C=O) groups excluding carboxylic acids is 4. The Labute approximate surface area is 203 Å². The Bertz CT molecular complexity index is 687. The van der Waals surface area contributed by atoms with E-state index in [1.54, 1.807) is 62.3 Å². The molecule has 0 heterocycles. The molecule has 0 saturated carbocycles. The predicted molar refractivity (Wildman–Crippen MR) is 127 cm³/mol. The molecule has 198 valence electrons. The molecule has 10 nitrogen and oxygen atoms in total. The van der Waals surface area contributed by atoms with Crippen LogP contribution in [0, 0.1) is 0 Å². The number of nitrogens with two attached hydrogens (primary N) is 1. The van der Waals surface area contributed by atoms with Crippen LogP contribution in [0.1, 0.15) is 94.4 Å². The second-order valence-corrected chi connectivity index (χ2v) is 11.1. The van der Waals surface area contributed by atoms with E-state index in [-0.39, 0.29) is 19.3 Å². The summed E-state index contributed by atoms with van der Waals surface area (Å²) in [6.45, 7) is 15.8. The van der Waals surface area contributed by atoms with E-state index in [1.165, 1.54) is 0 Å². The molecule has 34 heavy (non-hydrogen) atoms. The Hall–Kier alpha value is -2.36. The van der Waals surface area contributed by atoms with E-state index in [1.807, 2.05) is 0 Å². The van der Waals surface area contributed by atoms with Gasteiger partial charge in [0, 0.05) is 12.8 Å². The molecule has 0 fully saturated rings. The number of hydrogen-bond acceptors (Lipinski definition) is 9. The van der Waals surface area contributed by atoms with Crippen LogP contribution in [0.2, 0.25) is 0 Å².